The van der Waals surface area contributed by atoms with Gasteiger partial charge in [-0.25, -0.2) is 9.97 Å². The van der Waals surface area contributed by atoms with Gasteiger partial charge in [-0.2, -0.15) is 0 Å². The summed E-state index contributed by atoms with van der Waals surface area (Å²) in [5, 5.41) is 5.35. The molecule has 0 spiro atoms. The first-order chi connectivity index (χ1) is 9.56. The molecule has 2 aromatic heterocycles. The van der Waals surface area contributed by atoms with Crippen LogP contribution in [0.3, 0.4) is 0 Å². The first kappa shape index (κ1) is 15.4. The average Bonchev–Trinajstić information content (AvgIpc) is 2.74. The molecule has 0 saturated carbocycles. The Balaban J connectivity index is 2.01. The van der Waals surface area contributed by atoms with Crippen molar-refractivity contribution in [2.75, 3.05) is 18.9 Å². The molecule has 0 aromatic carbocycles. The third-order valence-electron chi connectivity index (χ3n) is 2.72. The zero-order chi connectivity index (χ0) is 14.5. The highest BCUT2D eigenvalue weighted by Gasteiger charge is 2.07. The SMILES string of the molecule is CCNc1cc(C)nc(CN(C)Cc2cc(Br)cs2)n1. The highest BCUT2D eigenvalue weighted by molar-refractivity contribution is 9.10. The van der Waals surface area contributed by atoms with Crippen LogP contribution in [0.4, 0.5) is 5.82 Å². The number of hydrogen-bond acceptors (Lipinski definition) is 5. The van der Waals surface area contributed by atoms with Crippen molar-refractivity contribution in [2.45, 2.75) is 26.9 Å². The Bertz CT molecular complexity index is 570. The number of rotatable bonds is 6. The molecule has 0 radical (unpaired) electrons. The smallest absolute Gasteiger partial charge is 0.144 e. The van der Waals surface area contributed by atoms with E-state index in [1.54, 1.807) is 11.3 Å². The largest absolute Gasteiger partial charge is 0.370 e. The van der Waals surface area contributed by atoms with Crippen LogP contribution in [0.1, 0.15) is 23.3 Å². The van der Waals surface area contributed by atoms with Gasteiger partial charge in [0.1, 0.15) is 11.6 Å². The maximum Gasteiger partial charge on any atom is 0.144 e. The summed E-state index contributed by atoms with van der Waals surface area (Å²) in [6.07, 6.45) is 0. The first-order valence-corrected chi connectivity index (χ1v) is 8.24. The number of aryl methyl sites for hydroxylation is 1. The van der Waals surface area contributed by atoms with Gasteiger partial charge < -0.3 is 5.32 Å². The van der Waals surface area contributed by atoms with Gasteiger partial charge in [-0.05, 0) is 42.9 Å². The Morgan fingerprint density at radius 1 is 1.30 bits per heavy atom. The van der Waals surface area contributed by atoms with Crippen LogP contribution < -0.4 is 5.32 Å². The Labute approximate surface area is 132 Å². The molecule has 20 heavy (non-hydrogen) atoms. The second-order valence-electron chi connectivity index (χ2n) is 4.74. The highest BCUT2D eigenvalue weighted by Crippen LogP contribution is 2.21. The number of nitrogens with zero attached hydrogens (tertiary/aromatic N) is 3. The van der Waals surface area contributed by atoms with Gasteiger partial charge in [0.05, 0.1) is 6.54 Å². The summed E-state index contributed by atoms with van der Waals surface area (Å²) in [5.74, 6) is 1.77. The fourth-order valence-corrected chi connectivity index (χ4v) is 3.50. The van der Waals surface area contributed by atoms with Crippen molar-refractivity contribution in [2.24, 2.45) is 0 Å². The van der Waals surface area contributed by atoms with Crippen molar-refractivity contribution < 1.29 is 0 Å². The molecule has 108 valence electrons. The summed E-state index contributed by atoms with van der Waals surface area (Å²) >= 11 is 5.25. The molecule has 0 amide bonds. The van der Waals surface area contributed by atoms with Crippen LogP contribution in [-0.4, -0.2) is 28.5 Å². The third-order valence-corrected chi connectivity index (χ3v) is 4.40. The molecule has 0 unspecified atom stereocenters. The first-order valence-electron chi connectivity index (χ1n) is 6.56. The van der Waals surface area contributed by atoms with Gasteiger partial charge in [0.15, 0.2) is 0 Å². The van der Waals surface area contributed by atoms with E-state index in [1.165, 1.54) is 4.88 Å². The normalized spacial score (nSPS) is 11.1. The van der Waals surface area contributed by atoms with Gasteiger partial charge in [0.25, 0.3) is 0 Å². The molecule has 1 N–H and O–H groups in total. The monoisotopic (exact) mass is 354 g/mol. The lowest BCUT2D eigenvalue weighted by Gasteiger charge is -2.15. The highest BCUT2D eigenvalue weighted by atomic mass is 79.9. The number of aromatic nitrogens is 2. The minimum atomic E-state index is 0.746. The molecule has 0 aliphatic heterocycles. The Morgan fingerprint density at radius 2 is 2.10 bits per heavy atom. The van der Waals surface area contributed by atoms with Crippen molar-refractivity contribution in [3.05, 3.63) is 38.4 Å². The topological polar surface area (TPSA) is 41.1 Å². The van der Waals surface area contributed by atoms with Crippen molar-refractivity contribution in [3.63, 3.8) is 0 Å². The van der Waals surface area contributed by atoms with Crippen LogP contribution in [0.5, 0.6) is 0 Å². The number of nitrogens with one attached hydrogen (secondary N) is 1. The summed E-state index contributed by atoms with van der Waals surface area (Å²) in [4.78, 5) is 12.6. The Morgan fingerprint density at radius 3 is 2.75 bits per heavy atom. The lowest BCUT2D eigenvalue weighted by Crippen LogP contribution is -2.19. The molecule has 0 aliphatic carbocycles. The molecule has 4 nitrogen and oxygen atoms in total. The molecular weight excluding hydrogens is 336 g/mol. The van der Waals surface area contributed by atoms with Crippen molar-refractivity contribution in [3.8, 4) is 0 Å². The second kappa shape index (κ2) is 7.15. The fourth-order valence-electron chi connectivity index (χ4n) is 1.97. The third kappa shape index (κ3) is 4.54. The van der Waals surface area contributed by atoms with Gasteiger partial charge in [0, 0.05) is 39.6 Å². The van der Waals surface area contributed by atoms with Gasteiger partial charge in [0.2, 0.25) is 0 Å². The maximum absolute atomic E-state index is 4.54. The lowest BCUT2D eigenvalue weighted by molar-refractivity contribution is 0.313. The standard InChI is InChI=1S/C14H19BrN4S/c1-4-16-13-5-10(2)17-14(18-13)8-19(3)7-12-6-11(15)9-20-12/h5-6,9H,4,7-8H2,1-3H3,(H,16,17,18). The molecule has 0 fully saturated rings. The van der Waals surface area contributed by atoms with Gasteiger partial charge in [-0.15, -0.1) is 11.3 Å². The quantitative estimate of drug-likeness (QED) is 0.858. The zero-order valence-electron chi connectivity index (χ0n) is 12.0. The molecule has 0 saturated heterocycles. The van der Waals surface area contributed by atoms with E-state index < -0.39 is 0 Å². The molecule has 2 rings (SSSR count). The minimum Gasteiger partial charge on any atom is -0.370 e. The zero-order valence-corrected chi connectivity index (χ0v) is 14.4. The van der Waals surface area contributed by atoms with Crippen LogP contribution in [0.15, 0.2) is 22.0 Å². The Kier molecular flexibility index (Phi) is 5.51. The molecule has 6 heteroatoms. The van der Waals surface area contributed by atoms with Crippen molar-refractivity contribution in [1.82, 2.24) is 14.9 Å². The van der Waals surface area contributed by atoms with E-state index in [0.29, 0.717) is 0 Å². The summed E-state index contributed by atoms with van der Waals surface area (Å²) < 4.78 is 1.15. The van der Waals surface area contributed by atoms with E-state index in [0.717, 1.165) is 41.4 Å². The summed E-state index contributed by atoms with van der Waals surface area (Å²) in [5.41, 5.74) is 0.998. The fraction of sp³-hybridized carbons (Fsp3) is 0.429. The molecule has 2 aromatic rings. The van der Waals surface area contributed by atoms with E-state index in [1.807, 2.05) is 13.0 Å². The molecule has 0 bridgehead atoms. The summed E-state index contributed by atoms with van der Waals surface area (Å²) in [6.45, 7) is 6.59. The Hall–Kier alpha value is -0.980. The van der Waals surface area contributed by atoms with E-state index >= 15 is 0 Å². The van der Waals surface area contributed by atoms with Crippen LogP contribution in [0.25, 0.3) is 0 Å². The van der Waals surface area contributed by atoms with E-state index in [9.17, 15) is 0 Å². The number of thiophene rings is 1. The van der Waals surface area contributed by atoms with Crippen LogP contribution in [-0.2, 0) is 13.1 Å². The predicted molar refractivity (Wildman–Crippen MR) is 88.1 cm³/mol. The van der Waals surface area contributed by atoms with Gasteiger partial charge in [-0.3, -0.25) is 4.90 Å². The van der Waals surface area contributed by atoms with E-state index in [4.69, 9.17) is 0 Å². The molecular formula is C14H19BrN4S. The lowest BCUT2D eigenvalue weighted by atomic mass is 10.3. The minimum absolute atomic E-state index is 0.746. The summed E-state index contributed by atoms with van der Waals surface area (Å²) in [6, 6.07) is 4.13. The number of hydrogen-bond donors (Lipinski definition) is 1. The van der Waals surface area contributed by atoms with Gasteiger partial charge in [-0.1, -0.05) is 0 Å². The molecule has 2 heterocycles. The van der Waals surface area contributed by atoms with Gasteiger partial charge >= 0.3 is 0 Å². The van der Waals surface area contributed by atoms with E-state index in [2.05, 4.69) is 61.5 Å². The van der Waals surface area contributed by atoms with Crippen LogP contribution >= 0.6 is 27.3 Å². The number of halogens is 1. The molecule has 0 atom stereocenters. The van der Waals surface area contributed by atoms with Crippen molar-refractivity contribution in [1.29, 1.82) is 0 Å². The summed E-state index contributed by atoms with van der Waals surface area (Å²) in [7, 11) is 2.09. The number of anilines is 1. The predicted octanol–water partition coefficient (Wildman–Crippen LogP) is 3.67. The van der Waals surface area contributed by atoms with E-state index in [-0.39, 0.29) is 0 Å². The maximum atomic E-state index is 4.54. The van der Waals surface area contributed by atoms with Crippen LogP contribution in [0.2, 0.25) is 0 Å². The second-order valence-corrected chi connectivity index (χ2v) is 6.66. The van der Waals surface area contributed by atoms with Crippen molar-refractivity contribution >= 4 is 33.1 Å². The molecule has 0 aliphatic rings. The average molecular weight is 355 g/mol. The van der Waals surface area contributed by atoms with Crippen LogP contribution in [0, 0.1) is 6.92 Å².